The number of halogens is 2. The minimum absolute atomic E-state index is 0.0349. The fourth-order valence-corrected chi connectivity index (χ4v) is 2.56. The summed E-state index contributed by atoms with van der Waals surface area (Å²) < 4.78 is 0. The molecule has 1 saturated heterocycles. The fourth-order valence-electron chi connectivity index (χ4n) is 2.06. The summed E-state index contributed by atoms with van der Waals surface area (Å²) in [7, 11) is 1.37. The van der Waals surface area contributed by atoms with E-state index in [4.69, 9.17) is 28.0 Å². The number of rotatable bonds is 2. The molecule has 5 nitrogen and oxygen atoms in total. The molecule has 0 N–H and O–H groups in total. The Hall–Kier alpha value is -1.30. The van der Waals surface area contributed by atoms with Gasteiger partial charge in [-0.3, -0.25) is 14.4 Å². The smallest absolute Gasteiger partial charge is 0.268 e. The van der Waals surface area contributed by atoms with Gasteiger partial charge in [0.2, 0.25) is 5.91 Å². The second kappa shape index (κ2) is 5.36. The fraction of sp³-hybridized carbons (Fsp3) is 0.333. The third kappa shape index (κ3) is 2.54. The van der Waals surface area contributed by atoms with Crippen molar-refractivity contribution in [1.29, 1.82) is 0 Å². The Balaban J connectivity index is 2.48. The summed E-state index contributed by atoms with van der Waals surface area (Å²) >= 11 is 12.0. The topological polar surface area (TPSA) is 49.9 Å². The first-order valence-corrected chi connectivity index (χ1v) is 6.29. The van der Waals surface area contributed by atoms with Gasteiger partial charge in [-0.1, -0.05) is 29.3 Å². The van der Waals surface area contributed by atoms with Crippen molar-refractivity contribution < 1.29 is 14.4 Å². The molecule has 0 aliphatic carbocycles. The van der Waals surface area contributed by atoms with Crippen LogP contribution in [-0.2, 0) is 14.4 Å². The second-order valence-corrected chi connectivity index (χ2v) is 4.93. The van der Waals surface area contributed by atoms with Crippen LogP contribution in [0.2, 0.25) is 10.0 Å². The van der Waals surface area contributed by atoms with E-state index in [1.54, 1.807) is 18.2 Å². The lowest BCUT2D eigenvalue weighted by Crippen LogP contribution is -2.34. The van der Waals surface area contributed by atoms with Gasteiger partial charge in [0.05, 0.1) is 7.11 Å². The third-order valence-corrected chi connectivity index (χ3v) is 3.47. The Morgan fingerprint density at radius 1 is 1.42 bits per heavy atom. The van der Waals surface area contributed by atoms with Crippen molar-refractivity contribution in [2.45, 2.75) is 13.1 Å². The average Bonchev–Trinajstić information content (AvgIpc) is 2.66. The number of hydrogen-bond donors (Lipinski definition) is 0. The van der Waals surface area contributed by atoms with Gasteiger partial charge in [-0.2, -0.15) is 5.06 Å². The van der Waals surface area contributed by atoms with Gasteiger partial charge in [0.1, 0.15) is 6.54 Å². The molecule has 19 heavy (non-hydrogen) atoms. The lowest BCUT2D eigenvalue weighted by atomic mass is 10.1. The van der Waals surface area contributed by atoms with Crippen molar-refractivity contribution in [3.63, 3.8) is 0 Å². The number of carbonyl (C=O) groups is 2. The van der Waals surface area contributed by atoms with Crippen molar-refractivity contribution in [1.82, 2.24) is 9.96 Å². The zero-order chi connectivity index (χ0) is 14.2. The Morgan fingerprint density at radius 2 is 2.11 bits per heavy atom. The lowest BCUT2D eigenvalue weighted by molar-refractivity contribution is -0.185. The normalized spacial score (nSPS) is 19.2. The molecule has 1 aromatic carbocycles. The lowest BCUT2D eigenvalue weighted by Gasteiger charge is -2.28. The quantitative estimate of drug-likeness (QED) is 0.842. The Morgan fingerprint density at radius 3 is 2.63 bits per heavy atom. The number of carbonyl (C=O) groups excluding carboxylic acids is 2. The van der Waals surface area contributed by atoms with Crippen LogP contribution >= 0.6 is 23.2 Å². The van der Waals surface area contributed by atoms with E-state index in [0.717, 1.165) is 5.06 Å². The Kier molecular flexibility index (Phi) is 3.99. The standard InChI is InChI=1S/C12H12Cl2N2O3/c1-7(17)15-6-11(18)16(19-2)12(15)9-4-3-8(13)5-10(9)14/h3-5,12H,6H2,1-2H3/t12-/m0/s1. The molecule has 1 aliphatic rings. The van der Waals surface area contributed by atoms with Crippen molar-refractivity contribution in [3.05, 3.63) is 33.8 Å². The van der Waals surface area contributed by atoms with Crippen molar-refractivity contribution in [3.8, 4) is 0 Å². The summed E-state index contributed by atoms with van der Waals surface area (Å²) in [4.78, 5) is 29.9. The highest BCUT2D eigenvalue weighted by atomic mass is 35.5. The monoisotopic (exact) mass is 302 g/mol. The molecule has 1 aromatic rings. The van der Waals surface area contributed by atoms with E-state index in [9.17, 15) is 9.59 Å². The van der Waals surface area contributed by atoms with E-state index in [1.807, 2.05) is 0 Å². The van der Waals surface area contributed by atoms with Crippen LogP contribution in [0.3, 0.4) is 0 Å². The van der Waals surface area contributed by atoms with Crippen LogP contribution in [0.15, 0.2) is 18.2 Å². The largest absolute Gasteiger partial charge is 0.307 e. The van der Waals surface area contributed by atoms with Gasteiger partial charge in [-0.25, -0.2) is 0 Å². The molecule has 0 saturated carbocycles. The van der Waals surface area contributed by atoms with E-state index < -0.39 is 6.17 Å². The summed E-state index contributed by atoms with van der Waals surface area (Å²) in [6.07, 6.45) is -0.667. The maximum absolute atomic E-state index is 11.8. The summed E-state index contributed by atoms with van der Waals surface area (Å²) in [5.74, 6) is -0.530. The molecule has 0 unspecified atom stereocenters. The van der Waals surface area contributed by atoms with Gasteiger partial charge < -0.3 is 4.90 Å². The van der Waals surface area contributed by atoms with Crippen molar-refractivity contribution >= 4 is 35.0 Å². The van der Waals surface area contributed by atoms with Gasteiger partial charge in [0.15, 0.2) is 6.17 Å². The minimum atomic E-state index is -0.667. The molecule has 0 radical (unpaired) electrons. The summed E-state index contributed by atoms with van der Waals surface area (Å²) in [5, 5.41) is 1.99. The van der Waals surface area contributed by atoms with Crippen LogP contribution in [0, 0.1) is 0 Å². The third-order valence-electron chi connectivity index (χ3n) is 2.91. The molecule has 2 rings (SSSR count). The van der Waals surface area contributed by atoms with Gasteiger partial charge in [0.25, 0.3) is 5.91 Å². The van der Waals surface area contributed by atoms with E-state index in [1.165, 1.54) is 18.9 Å². The van der Waals surface area contributed by atoms with Gasteiger partial charge in [-0.15, -0.1) is 0 Å². The zero-order valence-electron chi connectivity index (χ0n) is 10.4. The number of hydrogen-bond acceptors (Lipinski definition) is 3. The van der Waals surface area contributed by atoms with Crippen LogP contribution in [0.1, 0.15) is 18.7 Å². The van der Waals surface area contributed by atoms with E-state index in [-0.39, 0.29) is 18.4 Å². The second-order valence-electron chi connectivity index (χ2n) is 4.09. The van der Waals surface area contributed by atoms with Crippen LogP contribution < -0.4 is 0 Å². The highest BCUT2D eigenvalue weighted by Gasteiger charge is 2.41. The molecule has 0 aromatic heterocycles. The Labute approximate surface area is 120 Å². The molecular weight excluding hydrogens is 291 g/mol. The first-order valence-electron chi connectivity index (χ1n) is 5.54. The van der Waals surface area contributed by atoms with Crippen molar-refractivity contribution in [2.75, 3.05) is 13.7 Å². The molecule has 1 atom stereocenters. The van der Waals surface area contributed by atoms with E-state index >= 15 is 0 Å². The molecule has 1 aliphatic heterocycles. The first kappa shape index (κ1) is 14.1. The minimum Gasteiger partial charge on any atom is -0.307 e. The SMILES string of the molecule is CON1C(=O)CN(C(C)=O)[C@@H]1c1ccc(Cl)cc1Cl. The van der Waals surface area contributed by atoms with Gasteiger partial charge >= 0.3 is 0 Å². The predicted molar refractivity (Wildman–Crippen MR) is 70.4 cm³/mol. The number of hydroxylamine groups is 2. The van der Waals surface area contributed by atoms with Crippen molar-refractivity contribution in [2.24, 2.45) is 0 Å². The molecule has 0 bridgehead atoms. The Bertz CT molecular complexity index is 536. The van der Waals surface area contributed by atoms with Gasteiger partial charge in [0, 0.05) is 22.5 Å². The maximum Gasteiger partial charge on any atom is 0.268 e. The summed E-state index contributed by atoms with van der Waals surface area (Å²) in [5.41, 5.74) is 0.592. The predicted octanol–water partition coefficient (Wildman–Crippen LogP) is 2.24. The van der Waals surface area contributed by atoms with Crippen LogP contribution in [0.4, 0.5) is 0 Å². The number of nitrogens with zero attached hydrogens (tertiary/aromatic N) is 2. The molecule has 2 amide bonds. The molecule has 7 heteroatoms. The van der Waals surface area contributed by atoms with Crippen LogP contribution in [0.5, 0.6) is 0 Å². The first-order chi connectivity index (χ1) is 8.95. The van der Waals surface area contributed by atoms with Gasteiger partial charge in [-0.05, 0) is 12.1 Å². The average molecular weight is 303 g/mol. The maximum atomic E-state index is 11.8. The highest BCUT2D eigenvalue weighted by Crippen LogP contribution is 2.35. The summed E-state index contributed by atoms with van der Waals surface area (Å²) in [6.45, 7) is 1.36. The van der Waals surface area contributed by atoms with E-state index in [2.05, 4.69) is 0 Å². The van der Waals surface area contributed by atoms with E-state index in [0.29, 0.717) is 15.6 Å². The highest BCUT2D eigenvalue weighted by molar-refractivity contribution is 6.35. The molecule has 1 fully saturated rings. The summed E-state index contributed by atoms with van der Waals surface area (Å²) in [6, 6.07) is 4.89. The number of benzene rings is 1. The van der Waals surface area contributed by atoms with Crippen LogP contribution in [-0.4, -0.2) is 35.4 Å². The molecule has 0 spiro atoms. The number of amides is 2. The van der Waals surface area contributed by atoms with Crippen LogP contribution in [0.25, 0.3) is 0 Å². The molecule has 1 heterocycles. The zero-order valence-corrected chi connectivity index (χ0v) is 11.9. The molecule has 102 valence electrons. The molecular formula is C12H12Cl2N2O3.